The molecule has 0 N–H and O–H groups in total. The van der Waals surface area contributed by atoms with Crippen LogP contribution in [0.3, 0.4) is 0 Å². The number of hydrogen-bond donors (Lipinski definition) is 0. The zero-order chi connectivity index (χ0) is 11.2. The first-order valence-electron chi connectivity index (χ1n) is 6.70. The van der Waals surface area contributed by atoms with Crippen molar-refractivity contribution in [3.05, 3.63) is 6.92 Å². The fourth-order valence-corrected chi connectivity index (χ4v) is 2.64. The maximum atomic E-state index is 5.41. The van der Waals surface area contributed by atoms with Crippen LogP contribution in [0.5, 0.6) is 0 Å². The van der Waals surface area contributed by atoms with Gasteiger partial charge in [0.2, 0.25) is 0 Å². The third-order valence-electron chi connectivity index (χ3n) is 3.82. The molecule has 3 heteroatoms. The molecule has 2 aliphatic rings. The molecule has 2 saturated heterocycles. The highest BCUT2D eigenvalue weighted by atomic mass is 16.5. The summed E-state index contributed by atoms with van der Waals surface area (Å²) in [5, 5.41) is 0. The molecule has 0 aliphatic carbocycles. The van der Waals surface area contributed by atoms with Crippen molar-refractivity contribution in [2.75, 3.05) is 52.5 Å². The Hall–Kier alpha value is -0.120. The summed E-state index contributed by atoms with van der Waals surface area (Å²) in [4.78, 5) is 5.14. The van der Waals surface area contributed by atoms with Crippen molar-refractivity contribution in [2.24, 2.45) is 5.92 Å². The summed E-state index contributed by atoms with van der Waals surface area (Å²) in [5.74, 6) is 0.831. The van der Waals surface area contributed by atoms with Gasteiger partial charge in [0.1, 0.15) is 0 Å². The summed E-state index contributed by atoms with van der Waals surface area (Å²) in [5.41, 5.74) is 0. The van der Waals surface area contributed by atoms with Crippen LogP contribution in [-0.2, 0) is 4.74 Å². The Labute approximate surface area is 99.7 Å². The van der Waals surface area contributed by atoms with Gasteiger partial charge in [-0.2, -0.15) is 0 Å². The van der Waals surface area contributed by atoms with E-state index in [1.165, 1.54) is 52.1 Å². The van der Waals surface area contributed by atoms with Crippen LogP contribution in [0, 0.1) is 12.8 Å². The number of nitrogens with zero attached hydrogens (tertiary/aromatic N) is 2. The second-order valence-corrected chi connectivity index (χ2v) is 5.06. The van der Waals surface area contributed by atoms with E-state index in [9.17, 15) is 0 Å². The van der Waals surface area contributed by atoms with E-state index in [2.05, 4.69) is 16.7 Å². The molecule has 3 nitrogen and oxygen atoms in total. The van der Waals surface area contributed by atoms with Gasteiger partial charge >= 0.3 is 0 Å². The van der Waals surface area contributed by atoms with E-state index in [-0.39, 0.29) is 0 Å². The molecule has 1 atom stereocenters. The predicted molar refractivity (Wildman–Crippen MR) is 66.4 cm³/mol. The molecule has 0 bridgehead atoms. The van der Waals surface area contributed by atoms with Gasteiger partial charge in [-0.05, 0) is 38.3 Å². The third kappa shape index (κ3) is 3.72. The summed E-state index contributed by atoms with van der Waals surface area (Å²) < 4.78 is 5.41. The summed E-state index contributed by atoms with van der Waals surface area (Å²) in [6, 6.07) is 0. The molecule has 93 valence electrons. The van der Waals surface area contributed by atoms with E-state index in [0.717, 1.165) is 25.6 Å². The van der Waals surface area contributed by atoms with E-state index in [1.807, 2.05) is 0 Å². The van der Waals surface area contributed by atoms with Crippen LogP contribution in [0.2, 0.25) is 0 Å². The summed E-state index contributed by atoms with van der Waals surface area (Å²) in [7, 11) is 0. The minimum absolute atomic E-state index is 0.831. The Bertz CT molecular complexity index is 184. The molecular formula is C13H25N2O. The van der Waals surface area contributed by atoms with Gasteiger partial charge in [-0.1, -0.05) is 6.92 Å². The predicted octanol–water partition coefficient (Wildman–Crippen LogP) is 1.25. The third-order valence-corrected chi connectivity index (χ3v) is 3.82. The van der Waals surface area contributed by atoms with Crippen molar-refractivity contribution in [3.8, 4) is 0 Å². The molecular weight excluding hydrogens is 200 g/mol. The lowest BCUT2D eigenvalue weighted by molar-refractivity contribution is 0.125. The second-order valence-electron chi connectivity index (χ2n) is 5.06. The summed E-state index contributed by atoms with van der Waals surface area (Å²) in [6.45, 7) is 13.3. The highest BCUT2D eigenvalue weighted by Crippen LogP contribution is 2.17. The van der Waals surface area contributed by atoms with E-state index >= 15 is 0 Å². The Kier molecular flexibility index (Phi) is 5.07. The van der Waals surface area contributed by atoms with Crippen LogP contribution in [-0.4, -0.2) is 62.3 Å². The average molecular weight is 225 g/mol. The number of hydrogen-bond acceptors (Lipinski definition) is 3. The molecule has 2 rings (SSSR count). The molecule has 2 aliphatic heterocycles. The standard InChI is InChI=1S/C13H25N2O/c1-2-5-14-7-9-15(10-8-14)6-3-13-4-11-16-12-13/h13H,1-12H2. The molecule has 2 heterocycles. The average Bonchev–Trinajstić information content (AvgIpc) is 2.82. The van der Waals surface area contributed by atoms with Gasteiger partial charge in [0.25, 0.3) is 0 Å². The molecule has 0 spiro atoms. The van der Waals surface area contributed by atoms with E-state index in [4.69, 9.17) is 4.74 Å². The van der Waals surface area contributed by atoms with Gasteiger partial charge in [-0.25, -0.2) is 0 Å². The first kappa shape index (κ1) is 12.3. The lowest BCUT2D eigenvalue weighted by Crippen LogP contribution is -2.46. The van der Waals surface area contributed by atoms with E-state index < -0.39 is 0 Å². The summed E-state index contributed by atoms with van der Waals surface area (Å²) in [6.07, 6.45) is 3.65. The van der Waals surface area contributed by atoms with Crippen molar-refractivity contribution in [2.45, 2.75) is 19.3 Å². The van der Waals surface area contributed by atoms with Gasteiger partial charge in [0, 0.05) is 39.4 Å². The first-order valence-corrected chi connectivity index (χ1v) is 6.70. The second kappa shape index (κ2) is 6.58. The lowest BCUT2D eigenvalue weighted by Gasteiger charge is -2.34. The van der Waals surface area contributed by atoms with E-state index in [1.54, 1.807) is 0 Å². The Morgan fingerprint density at radius 2 is 1.75 bits per heavy atom. The Morgan fingerprint density at radius 1 is 1.06 bits per heavy atom. The molecule has 2 fully saturated rings. The minimum Gasteiger partial charge on any atom is -0.381 e. The van der Waals surface area contributed by atoms with Crippen LogP contribution in [0.15, 0.2) is 0 Å². The molecule has 0 aromatic heterocycles. The molecule has 0 saturated carbocycles. The fraction of sp³-hybridized carbons (Fsp3) is 0.923. The Morgan fingerprint density at radius 3 is 2.31 bits per heavy atom. The van der Waals surface area contributed by atoms with Crippen molar-refractivity contribution in [1.82, 2.24) is 9.80 Å². The minimum atomic E-state index is 0.831. The van der Waals surface area contributed by atoms with Crippen LogP contribution in [0.25, 0.3) is 0 Å². The number of ether oxygens (including phenoxy) is 1. The molecule has 16 heavy (non-hydrogen) atoms. The van der Waals surface area contributed by atoms with Crippen molar-refractivity contribution in [3.63, 3.8) is 0 Å². The van der Waals surface area contributed by atoms with Crippen LogP contribution < -0.4 is 0 Å². The number of piperazine rings is 1. The largest absolute Gasteiger partial charge is 0.381 e. The van der Waals surface area contributed by atoms with Crippen molar-refractivity contribution in [1.29, 1.82) is 0 Å². The zero-order valence-corrected chi connectivity index (χ0v) is 10.4. The highest BCUT2D eigenvalue weighted by molar-refractivity contribution is 4.74. The van der Waals surface area contributed by atoms with Crippen LogP contribution in [0.1, 0.15) is 19.3 Å². The van der Waals surface area contributed by atoms with Gasteiger partial charge in [-0.3, -0.25) is 0 Å². The maximum Gasteiger partial charge on any atom is 0.0495 e. The topological polar surface area (TPSA) is 15.7 Å². The van der Waals surface area contributed by atoms with Crippen LogP contribution in [0.4, 0.5) is 0 Å². The van der Waals surface area contributed by atoms with Gasteiger partial charge < -0.3 is 14.5 Å². The summed E-state index contributed by atoms with van der Waals surface area (Å²) >= 11 is 0. The molecule has 0 aromatic carbocycles. The van der Waals surface area contributed by atoms with Gasteiger partial charge in [0.15, 0.2) is 0 Å². The Balaban J connectivity index is 1.57. The monoisotopic (exact) mass is 225 g/mol. The zero-order valence-electron chi connectivity index (χ0n) is 10.4. The van der Waals surface area contributed by atoms with Gasteiger partial charge in [-0.15, -0.1) is 0 Å². The quantitative estimate of drug-likeness (QED) is 0.700. The molecule has 0 aromatic rings. The van der Waals surface area contributed by atoms with Crippen LogP contribution >= 0.6 is 0 Å². The molecule has 0 amide bonds. The molecule has 1 radical (unpaired) electrons. The highest BCUT2D eigenvalue weighted by Gasteiger charge is 2.19. The van der Waals surface area contributed by atoms with E-state index in [0.29, 0.717) is 0 Å². The lowest BCUT2D eigenvalue weighted by atomic mass is 10.0. The first-order chi connectivity index (χ1) is 7.88. The normalized spacial score (nSPS) is 28.7. The van der Waals surface area contributed by atoms with Gasteiger partial charge in [0.05, 0.1) is 0 Å². The smallest absolute Gasteiger partial charge is 0.0495 e. The molecule has 1 unspecified atom stereocenters. The number of rotatable bonds is 5. The SMILES string of the molecule is [CH2]CCN1CCN(CCC2CCOC2)CC1. The van der Waals surface area contributed by atoms with Crippen molar-refractivity contribution >= 4 is 0 Å². The van der Waals surface area contributed by atoms with Crippen molar-refractivity contribution < 1.29 is 4.74 Å². The fourth-order valence-electron chi connectivity index (χ4n) is 2.64. The maximum absolute atomic E-state index is 5.41.